The Balaban J connectivity index is 1.56. The number of ether oxygens (including phenoxy) is 2. The SMILES string of the molecule is COc1ccc(C2CC(=O)C3C(=Nc4ccccc4NC3c3ccc(Cl)cc3)C2)cc1OC. The molecular formula is C27H25ClN2O3. The minimum Gasteiger partial charge on any atom is -0.493 e. The van der Waals surface area contributed by atoms with Crippen molar-refractivity contribution in [3.63, 3.8) is 0 Å². The Kier molecular flexibility index (Phi) is 5.81. The third-order valence-corrected chi connectivity index (χ3v) is 6.78. The van der Waals surface area contributed by atoms with Gasteiger partial charge in [-0.3, -0.25) is 9.79 Å². The van der Waals surface area contributed by atoms with E-state index in [0.29, 0.717) is 29.4 Å². The van der Waals surface area contributed by atoms with Crippen molar-refractivity contribution >= 4 is 34.5 Å². The molecule has 0 saturated heterocycles. The van der Waals surface area contributed by atoms with Gasteiger partial charge in [0.25, 0.3) is 0 Å². The molecule has 2 aliphatic rings. The number of ketones is 1. The van der Waals surface area contributed by atoms with E-state index in [1.807, 2.05) is 66.7 Å². The number of hydrogen-bond acceptors (Lipinski definition) is 5. The molecule has 0 spiro atoms. The maximum Gasteiger partial charge on any atom is 0.160 e. The summed E-state index contributed by atoms with van der Waals surface area (Å²) in [5, 5.41) is 4.27. The summed E-state index contributed by atoms with van der Waals surface area (Å²) in [6.07, 6.45) is 1.15. The highest BCUT2D eigenvalue weighted by molar-refractivity contribution is 6.30. The second-order valence-electron chi connectivity index (χ2n) is 8.46. The maximum absolute atomic E-state index is 13.6. The van der Waals surface area contributed by atoms with Gasteiger partial charge in [0, 0.05) is 17.2 Å². The van der Waals surface area contributed by atoms with Crippen LogP contribution in [0.15, 0.2) is 71.7 Å². The molecule has 0 amide bonds. The summed E-state index contributed by atoms with van der Waals surface area (Å²) < 4.78 is 10.9. The standard InChI is InChI=1S/C27H25ClN2O3/c1-32-24-12-9-17(15-25(24)33-2)18-13-22-26(23(31)14-18)27(16-7-10-19(28)11-8-16)30-21-6-4-3-5-20(21)29-22/h3-12,15,18,26-27,30H,13-14H2,1-2H3. The van der Waals surface area contributed by atoms with Gasteiger partial charge in [0.2, 0.25) is 0 Å². The van der Waals surface area contributed by atoms with Crippen molar-refractivity contribution in [3.8, 4) is 11.5 Å². The van der Waals surface area contributed by atoms with Crippen LogP contribution in [-0.2, 0) is 4.79 Å². The average molecular weight is 461 g/mol. The highest BCUT2D eigenvalue weighted by Gasteiger charge is 2.41. The van der Waals surface area contributed by atoms with Crippen molar-refractivity contribution in [1.29, 1.82) is 0 Å². The first-order valence-corrected chi connectivity index (χ1v) is 11.4. The number of rotatable bonds is 4. The molecule has 33 heavy (non-hydrogen) atoms. The van der Waals surface area contributed by atoms with Crippen molar-refractivity contribution in [2.45, 2.75) is 24.8 Å². The lowest BCUT2D eigenvalue weighted by atomic mass is 9.72. The minimum absolute atomic E-state index is 0.0310. The van der Waals surface area contributed by atoms with Crippen LogP contribution in [0.1, 0.15) is 35.9 Å². The summed E-state index contributed by atoms with van der Waals surface area (Å²) in [5.74, 6) is 1.21. The number of aliphatic imine (C=N–C) groups is 1. The maximum atomic E-state index is 13.6. The first-order chi connectivity index (χ1) is 16.1. The number of Topliss-reactive ketones (excluding diaryl/α,β-unsaturated/α-hetero) is 1. The Hall–Kier alpha value is -3.31. The molecule has 3 aromatic rings. The molecule has 168 valence electrons. The summed E-state index contributed by atoms with van der Waals surface area (Å²) in [6.45, 7) is 0. The lowest BCUT2D eigenvalue weighted by Crippen LogP contribution is -2.38. The van der Waals surface area contributed by atoms with Crippen LogP contribution in [0.5, 0.6) is 11.5 Å². The lowest BCUT2D eigenvalue weighted by molar-refractivity contribution is -0.122. The molecule has 1 fully saturated rings. The average Bonchev–Trinajstić information content (AvgIpc) is 3.01. The molecule has 0 bridgehead atoms. The van der Waals surface area contributed by atoms with Crippen molar-refractivity contribution < 1.29 is 14.3 Å². The van der Waals surface area contributed by atoms with Crippen LogP contribution < -0.4 is 14.8 Å². The van der Waals surface area contributed by atoms with Crippen LogP contribution in [0.4, 0.5) is 11.4 Å². The topological polar surface area (TPSA) is 59.9 Å². The van der Waals surface area contributed by atoms with E-state index in [9.17, 15) is 4.79 Å². The van der Waals surface area contributed by atoms with Gasteiger partial charge in [-0.25, -0.2) is 0 Å². The Morgan fingerprint density at radius 1 is 0.909 bits per heavy atom. The Bertz CT molecular complexity index is 1220. The molecule has 1 saturated carbocycles. The largest absolute Gasteiger partial charge is 0.493 e. The third kappa shape index (κ3) is 4.09. The minimum atomic E-state index is -0.338. The molecule has 1 heterocycles. The number of para-hydroxylation sites is 2. The number of benzene rings is 3. The molecule has 1 aliphatic heterocycles. The summed E-state index contributed by atoms with van der Waals surface area (Å²) in [6, 6.07) is 21.3. The number of nitrogens with zero attached hydrogens (tertiary/aromatic N) is 1. The second-order valence-corrected chi connectivity index (χ2v) is 8.89. The quantitative estimate of drug-likeness (QED) is 0.492. The van der Waals surface area contributed by atoms with Gasteiger partial charge in [0.15, 0.2) is 11.5 Å². The van der Waals surface area contributed by atoms with Crippen molar-refractivity contribution in [3.05, 3.63) is 82.9 Å². The van der Waals surface area contributed by atoms with E-state index in [1.165, 1.54) is 0 Å². The van der Waals surface area contributed by atoms with Gasteiger partial charge in [-0.2, -0.15) is 0 Å². The molecule has 5 rings (SSSR count). The van der Waals surface area contributed by atoms with Gasteiger partial charge >= 0.3 is 0 Å². The van der Waals surface area contributed by atoms with Crippen LogP contribution in [0.25, 0.3) is 0 Å². The van der Waals surface area contributed by atoms with Crippen molar-refractivity contribution in [2.24, 2.45) is 10.9 Å². The predicted octanol–water partition coefficient (Wildman–Crippen LogP) is 6.36. The van der Waals surface area contributed by atoms with Crippen molar-refractivity contribution in [2.75, 3.05) is 19.5 Å². The fraction of sp³-hybridized carbons (Fsp3) is 0.259. The zero-order valence-electron chi connectivity index (χ0n) is 18.5. The van der Waals surface area contributed by atoms with E-state index in [1.54, 1.807) is 14.2 Å². The van der Waals surface area contributed by atoms with Gasteiger partial charge < -0.3 is 14.8 Å². The summed E-state index contributed by atoms with van der Waals surface area (Å²) >= 11 is 6.13. The number of carbonyl (C=O) groups is 1. The molecule has 0 radical (unpaired) electrons. The molecule has 5 nitrogen and oxygen atoms in total. The highest BCUT2D eigenvalue weighted by Crippen LogP contribution is 2.45. The van der Waals surface area contributed by atoms with E-state index in [0.717, 1.165) is 28.2 Å². The number of fused-ring (bicyclic) bond motifs is 2. The van der Waals surface area contributed by atoms with E-state index in [4.69, 9.17) is 26.1 Å². The fourth-order valence-electron chi connectivity index (χ4n) is 4.89. The smallest absolute Gasteiger partial charge is 0.160 e. The van der Waals surface area contributed by atoms with Crippen LogP contribution >= 0.6 is 11.6 Å². The molecule has 0 aromatic heterocycles. The number of hydrogen-bond donors (Lipinski definition) is 1. The zero-order valence-corrected chi connectivity index (χ0v) is 19.3. The fourth-order valence-corrected chi connectivity index (χ4v) is 5.01. The predicted molar refractivity (Wildman–Crippen MR) is 131 cm³/mol. The van der Waals surface area contributed by atoms with Gasteiger partial charge in [-0.15, -0.1) is 0 Å². The third-order valence-electron chi connectivity index (χ3n) is 6.53. The Morgan fingerprint density at radius 2 is 1.64 bits per heavy atom. The second kappa shape index (κ2) is 8.91. The van der Waals surface area contributed by atoms with E-state index < -0.39 is 0 Å². The molecule has 3 unspecified atom stereocenters. The normalized spacial score (nSPS) is 21.7. The number of halogens is 1. The van der Waals surface area contributed by atoms with Gasteiger partial charge in [-0.1, -0.05) is 41.9 Å². The number of nitrogens with one attached hydrogen (secondary N) is 1. The summed E-state index contributed by atoms with van der Waals surface area (Å²) in [7, 11) is 3.24. The Morgan fingerprint density at radius 3 is 2.39 bits per heavy atom. The first-order valence-electron chi connectivity index (χ1n) is 11.0. The monoisotopic (exact) mass is 460 g/mol. The van der Waals surface area contributed by atoms with Crippen LogP contribution in [0.2, 0.25) is 5.02 Å². The lowest BCUT2D eigenvalue weighted by Gasteiger charge is -2.34. The molecule has 1 N–H and O–H groups in total. The molecule has 1 aliphatic carbocycles. The molecular weight excluding hydrogens is 436 g/mol. The van der Waals surface area contributed by atoms with Gasteiger partial charge in [0.05, 0.1) is 37.6 Å². The molecule has 3 aromatic carbocycles. The Labute approximate surface area is 198 Å². The summed E-state index contributed by atoms with van der Waals surface area (Å²) in [5.41, 5.74) is 4.76. The molecule has 6 heteroatoms. The zero-order chi connectivity index (χ0) is 22.9. The van der Waals surface area contributed by atoms with E-state index in [-0.39, 0.29) is 23.7 Å². The molecule has 3 atom stereocenters. The van der Waals surface area contributed by atoms with Crippen LogP contribution in [-0.4, -0.2) is 25.7 Å². The summed E-state index contributed by atoms with van der Waals surface area (Å²) in [4.78, 5) is 18.6. The van der Waals surface area contributed by atoms with Gasteiger partial charge in [0.1, 0.15) is 5.78 Å². The number of carbonyl (C=O) groups excluding carboxylic acids is 1. The van der Waals surface area contributed by atoms with Crippen LogP contribution in [0.3, 0.4) is 0 Å². The van der Waals surface area contributed by atoms with E-state index >= 15 is 0 Å². The number of anilines is 1. The van der Waals surface area contributed by atoms with E-state index in [2.05, 4.69) is 5.32 Å². The number of methoxy groups -OCH3 is 2. The van der Waals surface area contributed by atoms with Gasteiger partial charge in [-0.05, 0) is 59.9 Å². The van der Waals surface area contributed by atoms with Crippen LogP contribution in [0, 0.1) is 5.92 Å². The first kappa shape index (κ1) is 21.5. The highest BCUT2D eigenvalue weighted by atomic mass is 35.5. The van der Waals surface area contributed by atoms with Crippen molar-refractivity contribution in [1.82, 2.24) is 0 Å².